The van der Waals surface area contributed by atoms with Crippen LogP contribution in [0.5, 0.6) is 11.5 Å². The molecule has 21 heavy (non-hydrogen) atoms. The molecule has 0 atom stereocenters. The minimum absolute atomic E-state index is 0.180. The number of benzene rings is 2. The highest BCUT2D eigenvalue weighted by Gasteiger charge is 2.22. The second kappa shape index (κ2) is 6.00. The van der Waals surface area contributed by atoms with E-state index in [1.165, 1.54) is 0 Å². The molecule has 0 radical (unpaired) electrons. The maximum absolute atomic E-state index is 12.1. The van der Waals surface area contributed by atoms with Gasteiger partial charge in [-0.2, -0.15) is 0 Å². The first-order valence-corrected chi connectivity index (χ1v) is 7.19. The normalized spacial score (nSPS) is 13.7. The molecule has 0 saturated heterocycles. The molecule has 2 aromatic carbocycles. The zero-order valence-electron chi connectivity index (χ0n) is 12.1. The fourth-order valence-electron chi connectivity index (χ4n) is 2.67. The predicted octanol–water partition coefficient (Wildman–Crippen LogP) is 3.79. The van der Waals surface area contributed by atoms with Gasteiger partial charge in [0.15, 0.2) is 5.78 Å². The first-order chi connectivity index (χ1) is 10.3. The van der Waals surface area contributed by atoms with Crippen molar-refractivity contribution in [2.45, 2.75) is 25.9 Å². The van der Waals surface area contributed by atoms with Gasteiger partial charge < -0.3 is 9.47 Å². The Kier molecular flexibility index (Phi) is 3.91. The van der Waals surface area contributed by atoms with Crippen molar-refractivity contribution in [2.24, 2.45) is 0 Å². The smallest absolute Gasteiger partial charge is 0.163 e. The highest BCUT2D eigenvalue weighted by atomic mass is 16.5. The van der Waals surface area contributed by atoms with Crippen LogP contribution in [0.1, 0.15) is 34.3 Å². The largest absolute Gasteiger partial charge is 0.497 e. The van der Waals surface area contributed by atoms with Crippen LogP contribution in [-0.4, -0.2) is 12.9 Å². The van der Waals surface area contributed by atoms with Crippen LogP contribution in [0.25, 0.3) is 0 Å². The van der Waals surface area contributed by atoms with E-state index in [1.807, 2.05) is 42.5 Å². The molecule has 0 fully saturated rings. The van der Waals surface area contributed by atoms with E-state index in [0.717, 1.165) is 35.3 Å². The Morgan fingerprint density at radius 3 is 2.67 bits per heavy atom. The molecule has 0 N–H and O–H groups in total. The fourth-order valence-corrected chi connectivity index (χ4v) is 2.67. The van der Waals surface area contributed by atoms with Crippen molar-refractivity contribution in [3.05, 3.63) is 59.2 Å². The van der Waals surface area contributed by atoms with Crippen molar-refractivity contribution >= 4 is 5.78 Å². The van der Waals surface area contributed by atoms with Gasteiger partial charge in [0, 0.05) is 23.6 Å². The monoisotopic (exact) mass is 282 g/mol. The van der Waals surface area contributed by atoms with E-state index in [2.05, 4.69) is 0 Å². The van der Waals surface area contributed by atoms with Crippen LogP contribution in [0.4, 0.5) is 0 Å². The fraction of sp³-hybridized carbons (Fsp3) is 0.278. The van der Waals surface area contributed by atoms with Crippen molar-refractivity contribution in [1.29, 1.82) is 0 Å². The van der Waals surface area contributed by atoms with Crippen LogP contribution in [0, 0.1) is 0 Å². The summed E-state index contributed by atoms with van der Waals surface area (Å²) in [4.78, 5) is 12.1. The summed E-state index contributed by atoms with van der Waals surface area (Å²) in [5.41, 5.74) is 2.88. The van der Waals surface area contributed by atoms with Crippen molar-refractivity contribution in [1.82, 2.24) is 0 Å². The van der Waals surface area contributed by atoms with Crippen LogP contribution in [0.3, 0.4) is 0 Å². The molecule has 1 aliphatic carbocycles. The van der Waals surface area contributed by atoms with Gasteiger partial charge in [-0.15, -0.1) is 0 Å². The minimum atomic E-state index is 0.180. The number of carbonyl (C=O) groups excluding carboxylic acids is 1. The van der Waals surface area contributed by atoms with E-state index < -0.39 is 0 Å². The van der Waals surface area contributed by atoms with Crippen molar-refractivity contribution in [3.63, 3.8) is 0 Å². The summed E-state index contributed by atoms with van der Waals surface area (Å²) in [5.74, 6) is 1.62. The summed E-state index contributed by atoms with van der Waals surface area (Å²) in [5, 5.41) is 0. The van der Waals surface area contributed by atoms with Crippen molar-refractivity contribution in [2.75, 3.05) is 7.11 Å². The van der Waals surface area contributed by atoms with Crippen LogP contribution < -0.4 is 9.47 Å². The van der Waals surface area contributed by atoms with Crippen molar-refractivity contribution in [3.8, 4) is 11.5 Å². The molecule has 3 rings (SSSR count). The molecule has 3 nitrogen and oxygen atoms in total. The van der Waals surface area contributed by atoms with Gasteiger partial charge in [0.2, 0.25) is 0 Å². The molecule has 0 amide bonds. The summed E-state index contributed by atoms with van der Waals surface area (Å²) in [6.07, 6.45) is 2.38. The molecule has 0 aliphatic heterocycles. The van der Waals surface area contributed by atoms with E-state index in [-0.39, 0.29) is 5.78 Å². The number of fused-ring (bicyclic) bond motifs is 1. The number of ether oxygens (including phenoxy) is 2. The zero-order valence-corrected chi connectivity index (χ0v) is 12.1. The van der Waals surface area contributed by atoms with Gasteiger partial charge in [0.05, 0.1) is 7.11 Å². The number of hydrogen-bond donors (Lipinski definition) is 0. The third kappa shape index (κ3) is 2.92. The average molecular weight is 282 g/mol. The van der Waals surface area contributed by atoms with Gasteiger partial charge in [-0.05, 0) is 24.5 Å². The summed E-state index contributed by atoms with van der Waals surface area (Å²) < 4.78 is 11.2. The molecular weight excluding hydrogens is 264 g/mol. The number of rotatable bonds is 4. The highest BCUT2D eigenvalue weighted by molar-refractivity contribution is 5.99. The van der Waals surface area contributed by atoms with E-state index in [0.29, 0.717) is 18.8 Å². The Morgan fingerprint density at radius 1 is 1.10 bits per heavy atom. The standard InChI is InChI=1S/C18H18O3/c1-20-14-10-16-15(8-5-9-17(16)19)18(11-14)21-12-13-6-3-2-4-7-13/h2-4,6-7,10-11H,5,8-9,12H2,1H3. The maximum Gasteiger partial charge on any atom is 0.163 e. The Labute approximate surface area is 124 Å². The topological polar surface area (TPSA) is 35.5 Å². The van der Waals surface area contributed by atoms with Gasteiger partial charge in [-0.3, -0.25) is 4.79 Å². The van der Waals surface area contributed by atoms with Gasteiger partial charge in [-0.25, -0.2) is 0 Å². The molecule has 0 spiro atoms. The highest BCUT2D eigenvalue weighted by Crippen LogP contribution is 2.34. The molecule has 108 valence electrons. The quantitative estimate of drug-likeness (QED) is 0.855. The van der Waals surface area contributed by atoms with E-state index >= 15 is 0 Å². The molecule has 0 aromatic heterocycles. The van der Waals surface area contributed by atoms with Crippen LogP contribution in [0.2, 0.25) is 0 Å². The van der Waals surface area contributed by atoms with E-state index in [9.17, 15) is 4.79 Å². The first kappa shape index (κ1) is 13.7. The molecule has 2 aromatic rings. The number of ketones is 1. The number of Topliss-reactive ketones (excluding diaryl/α,β-unsaturated/α-hetero) is 1. The Balaban J connectivity index is 1.90. The molecular formula is C18H18O3. The lowest BCUT2D eigenvalue weighted by Gasteiger charge is -2.20. The number of carbonyl (C=O) groups is 1. The number of methoxy groups -OCH3 is 1. The molecule has 3 heteroatoms. The lowest BCUT2D eigenvalue weighted by atomic mass is 9.90. The summed E-state index contributed by atoms with van der Waals surface area (Å²) in [6, 6.07) is 13.7. The SMILES string of the molecule is COc1cc(OCc2ccccc2)c2c(c1)C(=O)CCC2. The maximum atomic E-state index is 12.1. The molecule has 1 aliphatic rings. The Bertz CT molecular complexity index is 647. The van der Waals surface area contributed by atoms with Crippen molar-refractivity contribution < 1.29 is 14.3 Å². The third-order valence-electron chi connectivity index (χ3n) is 3.79. The van der Waals surface area contributed by atoms with Gasteiger partial charge in [0.25, 0.3) is 0 Å². The van der Waals surface area contributed by atoms with Crippen LogP contribution >= 0.6 is 0 Å². The lowest BCUT2D eigenvalue weighted by molar-refractivity contribution is 0.0971. The van der Waals surface area contributed by atoms with Gasteiger partial charge >= 0.3 is 0 Å². The molecule has 0 heterocycles. The third-order valence-corrected chi connectivity index (χ3v) is 3.79. The summed E-state index contributed by atoms with van der Waals surface area (Å²) >= 11 is 0. The zero-order chi connectivity index (χ0) is 14.7. The molecule has 0 bridgehead atoms. The van der Waals surface area contributed by atoms with Gasteiger partial charge in [-0.1, -0.05) is 30.3 Å². The first-order valence-electron chi connectivity index (χ1n) is 7.19. The van der Waals surface area contributed by atoms with E-state index in [4.69, 9.17) is 9.47 Å². The number of hydrogen-bond acceptors (Lipinski definition) is 3. The summed E-state index contributed by atoms with van der Waals surface area (Å²) in [6.45, 7) is 0.495. The summed E-state index contributed by atoms with van der Waals surface area (Å²) in [7, 11) is 1.61. The average Bonchev–Trinajstić information content (AvgIpc) is 2.54. The minimum Gasteiger partial charge on any atom is -0.497 e. The van der Waals surface area contributed by atoms with E-state index in [1.54, 1.807) is 7.11 Å². The predicted molar refractivity (Wildman–Crippen MR) is 81.0 cm³/mol. The molecule has 0 saturated carbocycles. The van der Waals surface area contributed by atoms with Crippen LogP contribution in [0.15, 0.2) is 42.5 Å². The molecule has 0 unspecified atom stereocenters. The second-order valence-electron chi connectivity index (χ2n) is 5.20. The lowest BCUT2D eigenvalue weighted by Crippen LogP contribution is -2.13. The Hall–Kier alpha value is -2.29. The Morgan fingerprint density at radius 2 is 1.90 bits per heavy atom. The van der Waals surface area contributed by atoms with Gasteiger partial charge in [0.1, 0.15) is 18.1 Å². The van der Waals surface area contributed by atoms with Crippen LogP contribution in [-0.2, 0) is 13.0 Å². The second-order valence-corrected chi connectivity index (χ2v) is 5.20.